The highest BCUT2D eigenvalue weighted by Crippen LogP contribution is 2.30. The van der Waals surface area contributed by atoms with Gasteiger partial charge in [0.25, 0.3) is 0 Å². The first kappa shape index (κ1) is 18.2. The van der Waals surface area contributed by atoms with Crippen molar-refractivity contribution in [2.75, 3.05) is 26.2 Å². The molecule has 0 radical (unpaired) electrons. The molecule has 5 heteroatoms. The number of amides is 1. The van der Waals surface area contributed by atoms with Gasteiger partial charge in [-0.25, -0.2) is 0 Å². The first-order valence-corrected chi connectivity index (χ1v) is 10.3. The lowest BCUT2D eigenvalue weighted by Gasteiger charge is -2.35. The van der Waals surface area contributed by atoms with Crippen LogP contribution in [0.2, 0.25) is 0 Å². The molecule has 0 spiro atoms. The summed E-state index contributed by atoms with van der Waals surface area (Å²) in [6.45, 7) is 5.92. The van der Waals surface area contributed by atoms with Crippen molar-refractivity contribution in [3.8, 4) is 0 Å². The molecule has 4 rings (SSSR count). The minimum Gasteiger partial charge on any atom is -0.341 e. The van der Waals surface area contributed by atoms with Crippen LogP contribution < -0.4 is 0 Å². The summed E-state index contributed by atoms with van der Waals surface area (Å²) in [4.78, 5) is 17.3. The fourth-order valence-corrected chi connectivity index (χ4v) is 4.57. The maximum Gasteiger partial charge on any atom is 0.239 e. The number of nitrogens with one attached hydrogen (secondary N) is 1. The van der Waals surface area contributed by atoms with Gasteiger partial charge in [-0.2, -0.15) is 5.10 Å². The van der Waals surface area contributed by atoms with E-state index in [1.54, 1.807) is 0 Å². The molecule has 2 fully saturated rings. The Balaban J connectivity index is 1.36. The number of aromatic amines is 1. The predicted molar refractivity (Wildman–Crippen MR) is 107 cm³/mol. The molecule has 27 heavy (non-hydrogen) atoms. The van der Waals surface area contributed by atoms with Crippen LogP contribution in [0.4, 0.5) is 0 Å². The van der Waals surface area contributed by atoms with Gasteiger partial charge in [0.15, 0.2) is 0 Å². The average molecular weight is 367 g/mol. The molecule has 1 atom stereocenters. The molecule has 0 saturated carbocycles. The highest BCUT2D eigenvalue weighted by atomic mass is 16.2. The van der Waals surface area contributed by atoms with Gasteiger partial charge in [0.1, 0.15) is 0 Å². The first-order chi connectivity index (χ1) is 13.2. The zero-order valence-corrected chi connectivity index (χ0v) is 16.2. The SMILES string of the molecule is C[C@@H](C(=O)N1CCC(c2[nH]ncc2Cc2ccccc2)CC1)N1CCCC1. The van der Waals surface area contributed by atoms with Crippen molar-refractivity contribution >= 4 is 5.91 Å². The molecule has 3 heterocycles. The van der Waals surface area contributed by atoms with Crippen LogP contribution in [-0.2, 0) is 11.2 Å². The Kier molecular flexibility index (Phi) is 5.58. The van der Waals surface area contributed by atoms with E-state index in [2.05, 4.69) is 57.3 Å². The van der Waals surface area contributed by atoms with Gasteiger partial charge in [-0.3, -0.25) is 14.8 Å². The molecule has 2 aliphatic rings. The second-order valence-electron chi connectivity index (χ2n) is 7.99. The van der Waals surface area contributed by atoms with E-state index in [9.17, 15) is 4.79 Å². The molecule has 2 aromatic rings. The van der Waals surface area contributed by atoms with Crippen LogP contribution in [0.25, 0.3) is 0 Å². The Morgan fingerprint density at radius 3 is 2.56 bits per heavy atom. The van der Waals surface area contributed by atoms with Gasteiger partial charge < -0.3 is 4.90 Å². The van der Waals surface area contributed by atoms with Gasteiger partial charge in [0.05, 0.1) is 12.2 Å². The number of rotatable bonds is 5. The van der Waals surface area contributed by atoms with E-state index in [0.29, 0.717) is 11.8 Å². The van der Waals surface area contributed by atoms with Crippen molar-refractivity contribution in [2.45, 2.75) is 51.0 Å². The van der Waals surface area contributed by atoms with Gasteiger partial charge in [-0.1, -0.05) is 30.3 Å². The minimum absolute atomic E-state index is 0.0323. The molecule has 1 aromatic heterocycles. The van der Waals surface area contributed by atoms with E-state index in [0.717, 1.165) is 45.4 Å². The third-order valence-corrected chi connectivity index (χ3v) is 6.25. The van der Waals surface area contributed by atoms with E-state index >= 15 is 0 Å². The van der Waals surface area contributed by atoms with Crippen molar-refractivity contribution in [3.63, 3.8) is 0 Å². The summed E-state index contributed by atoms with van der Waals surface area (Å²) >= 11 is 0. The second-order valence-corrected chi connectivity index (χ2v) is 7.99. The Bertz CT molecular complexity index is 743. The fraction of sp³-hybridized carbons (Fsp3) is 0.545. The number of nitrogens with zero attached hydrogens (tertiary/aromatic N) is 3. The second kappa shape index (κ2) is 8.26. The fourth-order valence-electron chi connectivity index (χ4n) is 4.57. The molecule has 144 valence electrons. The standard InChI is InChI=1S/C22H30N4O/c1-17(25-11-5-6-12-25)22(27)26-13-9-19(10-14-26)21-20(16-23-24-21)15-18-7-3-2-4-8-18/h2-4,7-8,16-17,19H,5-6,9-15H2,1H3,(H,23,24)/t17-/m0/s1. The van der Waals surface area contributed by atoms with E-state index in [1.807, 2.05) is 6.20 Å². The molecule has 1 amide bonds. The summed E-state index contributed by atoms with van der Waals surface area (Å²) < 4.78 is 0. The van der Waals surface area contributed by atoms with Gasteiger partial charge >= 0.3 is 0 Å². The van der Waals surface area contributed by atoms with Crippen LogP contribution in [0.1, 0.15) is 55.3 Å². The summed E-state index contributed by atoms with van der Waals surface area (Å²) in [6, 6.07) is 10.6. The Morgan fingerprint density at radius 2 is 1.85 bits per heavy atom. The van der Waals surface area contributed by atoms with Crippen molar-refractivity contribution in [1.29, 1.82) is 0 Å². The van der Waals surface area contributed by atoms with Crippen LogP contribution >= 0.6 is 0 Å². The summed E-state index contributed by atoms with van der Waals surface area (Å²) in [7, 11) is 0. The quantitative estimate of drug-likeness (QED) is 0.884. The molecule has 1 N–H and O–H groups in total. The largest absolute Gasteiger partial charge is 0.341 e. The predicted octanol–water partition coefficient (Wildman–Crippen LogP) is 3.19. The monoisotopic (exact) mass is 366 g/mol. The maximum absolute atomic E-state index is 12.9. The van der Waals surface area contributed by atoms with Crippen LogP contribution in [0.15, 0.2) is 36.5 Å². The maximum atomic E-state index is 12.9. The van der Waals surface area contributed by atoms with Gasteiger partial charge in [0, 0.05) is 31.1 Å². The number of hydrogen-bond donors (Lipinski definition) is 1. The molecule has 1 aromatic carbocycles. The molecule has 5 nitrogen and oxygen atoms in total. The lowest BCUT2D eigenvalue weighted by atomic mass is 9.89. The smallest absolute Gasteiger partial charge is 0.239 e. The highest BCUT2D eigenvalue weighted by molar-refractivity contribution is 5.81. The van der Waals surface area contributed by atoms with Crippen LogP contribution in [-0.4, -0.2) is 58.1 Å². The van der Waals surface area contributed by atoms with E-state index in [1.165, 1.54) is 29.7 Å². The summed E-state index contributed by atoms with van der Waals surface area (Å²) in [5.74, 6) is 0.779. The van der Waals surface area contributed by atoms with Gasteiger partial charge in [-0.15, -0.1) is 0 Å². The number of carbonyl (C=O) groups is 1. The summed E-state index contributed by atoms with van der Waals surface area (Å²) in [6.07, 6.45) is 7.37. The van der Waals surface area contributed by atoms with Crippen molar-refractivity contribution in [2.24, 2.45) is 0 Å². The lowest BCUT2D eigenvalue weighted by molar-refractivity contribution is -0.137. The Labute approximate surface area is 161 Å². The van der Waals surface area contributed by atoms with E-state index in [4.69, 9.17) is 0 Å². The first-order valence-electron chi connectivity index (χ1n) is 10.3. The molecular formula is C22H30N4O. The average Bonchev–Trinajstić information content (AvgIpc) is 3.40. The minimum atomic E-state index is 0.0323. The molecule has 0 aliphatic carbocycles. The molecule has 0 bridgehead atoms. The third-order valence-electron chi connectivity index (χ3n) is 6.25. The van der Waals surface area contributed by atoms with Crippen LogP contribution in [0.5, 0.6) is 0 Å². The van der Waals surface area contributed by atoms with E-state index in [-0.39, 0.29) is 6.04 Å². The number of H-pyrrole nitrogens is 1. The van der Waals surface area contributed by atoms with Gasteiger partial charge in [0.2, 0.25) is 5.91 Å². The number of aromatic nitrogens is 2. The number of carbonyl (C=O) groups excluding carboxylic acids is 1. The molecule has 2 saturated heterocycles. The topological polar surface area (TPSA) is 52.2 Å². The number of benzene rings is 1. The molecular weight excluding hydrogens is 336 g/mol. The molecule has 0 unspecified atom stereocenters. The van der Waals surface area contributed by atoms with Crippen LogP contribution in [0.3, 0.4) is 0 Å². The zero-order chi connectivity index (χ0) is 18.6. The van der Waals surface area contributed by atoms with Crippen molar-refractivity contribution < 1.29 is 4.79 Å². The summed E-state index contributed by atoms with van der Waals surface area (Å²) in [5, 5.41) is 7.56. The zero-order valence-electron chi connectivity index (χ0n) is 16.2. The Morgan fingerprint density at radius 1 is 1.15 bits per heavy atom. The van der Waals surface area contributed by atoms with Crippen LogP contribution in [0, 0.1) is 0 Å². The van der Waals surface area contributed by atoms with E-state index < -0.39 is 0 Å². The summed E-state index contributed by atoms with van der Waals surface area (Å²) in [5.41, 5.74) is 3.86. The molecule has 2 aliphatic heterocycles. The number of hydrogen-bond acceptors (Lipinski definition) is 3. The van der Waals surface area contributed by atoms with Crippen molar-refractivity contribution in [3.05, 3.63) is 53.3 Å². The highest BCUT2D eigenvalue weighted by Gasteiger charge is 2.31. The Hall–Kier alpha value is -2.14. The number of likely N-dealkylation sites (tertiary alicyclic amines) is 2. The third kappa shape index (κ3) is 4.08. The lowest BCUT2D eigenvalue weighted by Crippen LogP contribution is -2.48. The van der Waals surface area contributed by atoms with Gasteiger partial charge in [-0.05, 0) is 56.8 Å². The van der Waals surface area contributed by atoms with Crippen molar-refractivity contribution in [1.82, 2.24) is 20.0 Å². The number of piperidine rings is 1. The normalized spacial score (nSPS) is 20.1.